The molecule has 3 rings (SSSR count). The average Bonchev–Trinajstić information content (AvgIpc) is 3.21. The quantitative estimate of drug-likeness (QED) is 0.203. The molecule has 1 aromatic heterocycles. The van der Waals surface area contributed by atoms with Crippen LogP contribution in [0.15, 0.2) is 46.5 Å². The molecule has 0 aliphatic carbocycles. The minimum atomic E-state index is -1.12. The average molecular weight is 518 g/mol. The first-order chi connectivity index (χ1) is 16.4. The van der Waals surface area contributed by atoms with Gasteiger partial charge in [-0.3, -0.25) is 0 Å². The second-order valence-electron chi connectivity index (χ2n) is 6.73. The second kappa shape index (κ2) is 11.8. The van der Waals surface area contributed by atoms with Crippen LogP contribution in [0.2, 0.25) is 10.0 Å². The number of nitrogens with zero attached hydrogens (tertiary/aromatic N) is 3. The van der Waals surface area contributed by atoms with Gasteiger partial charge in [0.1, 0.15) is 11.5 Å². The van der Waals surface area contributed by atoms with Crippen LogP contribution < -0.4 is 9.47 Å². The van der Waals surface area contributed by atoms with Gasteiger partial charge in [-0.2, -0.15) is 0 Å². The third-order valence-electron chi connectivity index (χ3n) is 4.48. The lowest BCUT2D eigenvalue weighted by molar-refractivity contribution is -0.131. The van der Waals surface area contributed by atoms with Gasteiger partial charge in [-0.15, -0.1) is 16.6 Å². The fourth-order valence-corrected chi connectivity index (χ4v) is 4.32. The Labute approximate surface area is 211 Å². The zero-order valence-electron chi connectivity index (χ0n) is 18.4. The molecule has 0 bridgehead atoms. The van der Waals surface area contributed by atoms with E-state index in [1.807, 2.05) is 30.5 Å². The molecule has 7 nitrogen and oxygen atoms in total. The highest BCUT2D eigenvalue weighted by molar-refractivity contribution is 8.04. The van der Waals surface area contributed by atoms with Crippen molar-refractivity contribution < 1.29 is 19.4 Å². The standard InChI is InChI=1S/C24H21Cl2N3O4S/c1-4-11-33-21-18(26)12-15(13-19(21)32-6-3)14-20(23(30)31)34-24-28-27-22(29(24)5-2)16-7-9-17(25)10-8-16/h1,7-10,12-14H,5-6,11H2,2-3H3,(H,30,31)/b20-14-. The number of aromatic nitrogens is 3. The van der Waals surface area contributed by atoms with E-state index in [0.29, 0.717) is 46.2 Å². The van der Waals surface area contributed by atoms with Crippen molar-refractivity contribution in [1.82, 2.24) is 14.8 Å². The summed E-state index contributed by atoms with van der Waals surface area (Å²) >= 11 is 13.3. The molecule has 0 atom stereocenters. The predicted octanol–water partition coefficient (Wildman–Crippen LogP) is 5.90. The zero-order chi connectivity index (χ0) is 24.7. The van der Waals surface area contributed by atoms with Crippen molar-refractivity contribution in [3.63, 3.8) is 0 Å². The van der Waals surface area contributed by atoms with Crippen LogP contribution in [-0.4, -0.2) is 39.1 Å². The molecule has 3 aromatic rings. The number of thioether (sulfide) groups is 1. The first kappa shape index (κ1) is 25.5. The van der Waals surface area contributed by atoms with Crippen molar-refractivity contribution in [3.8, 4) is 35.2 Å². The molecule has 1 N–H and O–H groups in total. The molecule has 0 saturated carbocycles. The highest BCUT2D eigenvalue weighted by Crippen LogP contribution is 2.38. The Morgan fingerprint density at radius 1 is 1.21 bits per heavy atom. The molecule has 0 fully saturated rings. The van der Waals surface area contributed by atoms with Gasteiger partial charge in [0.15, 0.2) is 22.5 Å². The monoisotopic (exact) mass is 517 g/mol. The Bertz CT molecular complexity index is 1250. The van der Waals surface area contributed by atoms with Gasteiger partial charge in [0.25, 0.3) is 0 Å². The first-order valence-corrected chi connectivity index (χ1v) is 11.8. The molecule has 34 heavy (non-hydrogen) atoms. The number of carbonyl (C=O) groups is 1. The predicted molar refractivity (Wildman–Crippen MR) is 135 cm³/mol. The Balaban J connectivity index is 1.97. The summed E-state index contributed by atoms with van der Waals surface area (Å²) in [5, 5.41) is 19.6. The van der Waals surface area contributed by atoms with Gasteiger partial charge in [0.05, 0.1) is 11.6 Å². The molecule has 0 spiro atoms. The summed E-state index contributed by atoms with van der Waals surface area (Å²) in [6.45, 7) is 4.68. The number of carboxylic acid groups (broad SMARTS) is 1. The lowest BCUT2D eigenvalue weighted by atomic mass is 10.2. The van der Waals surface area contributed by atoms with Crippen LogP contribution in [0.25, 0.3) is 17.5 Å². The van der Waals surface area contributed by atoms with Crippen LogP contribution >= 0.6 is 35.0 Å². The minimum absolute atomic E-state index is 0.0217. The number of aliphatic carboxylic acids is 1. The molecule has 0 amide bonds. The summed E-state index contributed by atoms with van der Waals surface area (Å²) < 4.78 is 12.9. The van der Waals surface area contributed by atoms with E-state index >= 15 is 0 Å². The molecule has 1 heterocycles. The summed E-state index contributed by atoms with van der Waals surface area (Å²) in [7, 11) is 0. The number of ether oxygens (including phenoxy) is 2. The van der Waals surface area contributed by atoms with Crippen LogP contribution in [-0.2, 0) is 11.3 Å². The van der Waals surface area contributed by atoms with E-state index in [4.69, 9.17) is 39.1 Å². The summed E-state index contributed by atoms with van der Waals surface area (Å²) in [5.74, 6) is 2.55. The lowest BCUT2D eigenvalue weighted by Gasteiger charge is -2.13. The van der Waals surface area contributed by atoms with Gasteiger partial charge in [0, 0.05) is 17.1 Å². The number of benzene rings is 2. The van der Waals surface area contributed by atoms with Crippen LogP contribution in [0, 0.1) is 12.3 Å². The zero-order valence-corrected chi connectivity index (χ0v) is 20.7. The molecule has 10 heteroatoms. The SMILES string of the molecule is C#CCOc1c(Cl)cc(/C=C(\Sc2nnc(-c3ccc(Cl)cc3)n2CC)C(=O)O)cc1OCC. The molecule has 2 aromatic carbocycles. The highest BCUT2D eigenvalue weighted by Gasteiger charge is 2.19. The van der Waals surface area contributed by atoms with Crippen molar-refractivity contribution in [1.29, 1.82) is 0 Å². The third kappa shape index (κ3) is 6.06. The van der Waals surface area contributed by atoms with Crippen molar-refractivity contribution in [2.75, 3.05) is 13.2 Å². The van der Waals surface area contributed by atoms with E-state index in [1.54, 1.807) is 24.3 Å². The molecule has 0 aliphatic rings. The van der Waals surface area contributed by atoms with E-state index in [-0.39, 0.29) is 16.5 Å². The van der Waals surface area contributed by atoms with Gasteiger partial charge < -0.3 is 19.1 Å². The number of halogens is 2. The number of rotatable bonds is 10. The van der Waals surface area contributed by atoms with E-state index < -0.39 is 5.97 Å². The maximum atomic E-state index is 12.1. The summed E-state index contributed by atoms with van der Waals surface area (Å²) in [4.78, 5) is 12.1. The van der Waals surface area contributed by atoms with Gasteiger partial charge in [-0.05, 0) is 73.6 Å². The maximum Gasteiger partial charge on any atom is 0.342 e. The second-order valence-corrected chi connectivity index (χ2v) is 8.58. The minimum Gasteiger partial charge on any atom is -0.490 e. The Hall–Kier alpha value is -3.12. The number of hydrogen-bond acceptors (Lipinski definition) is 6. The number of terminal acetylenes is 1. The molecule has 176 valence electrons. The van der Waals surface area contributed by atoms with Crippen LogP contribution in [0.1, 0.15) is 19.4 Å². The van der Waals surface area contributed by atoms with Gasteiger partial charge >= 0.3 is 5.97 Å². The Kier molecular flexibility index (Phi) is 8.88. The van der Waals surface area contributed by atoms with Crippen molar-refractivity contribution >= 4 is 47.0 Å². The topological polar surface area (TPSA) is 86.5 Å². The lowest BCUT2D eigenvalue weighted by Crippen LogP contribution is -2.03. The first-order valence-electron chi connectivity index (χ1n) is 10.2. The van der Waals surface area contributed by atoms with Gasteiger partial charge in [0.2, 0.25) is 0 Å². The largest absolute Gasteiger partial charge is 0.490 e. The summed E-state index contributed by atoms with van der Waals surface area (Å²) in [6.07, 6.45) is 6.76. The number of carboxylic acids is 1. The van der Waals surface area contributed by atoms with Crippen LogP contribution in [0.3, 0.4) is 0 Å². The molecule has 0 radical (unpaired) electrons. The smallest absolute Gasteiger partial charge is 0.342 e. The Morgan fingerprint density at radius 2 is 1.94 bits per heavy atom. The van der Waals surface area contributed by atoms with Crippen LogP contribution in [0.5, 0.6) is 11.5 Å². The Morgan fingerprint density at radius 3 is 2.56 bits per heavy atom. The van der Waals surface area contributed by atoms with Crippen LogP contribution in [0.4, 0.5) is 0 Å². The van der Waals surface area contributed by atoms with Gasteiger partial charge in [-0.1, -0.05) is 29.1 Å². The van der Waals surface area contributed by atoms with E-state index in [9.17, 15) is 9.90 Å². The van der Waals surface area contributed by atoms with E-state index in [0.717, 1.165) is 17.3 Å². The van der Waals surface area contributed by atoms with E-state index in [2.05, 4.69) is 16.1 Å². The molecular formula is C24H21Cl2N3O4S. The fourth-order valence-electron chi connectivity index (χ4n) is 3.03. The van der Waals surface area contributed by atoms with Gasteiger partial charge in [-0.25, -0.2) is 4.79 Å². The fraction of sp³-hybridized carbons (Fsp3) is 0.208. The maximum absolute atomic E-state index is 12.1. The molecule has 0 aliphatic heterocycles. The van der Waals surface area contributed by atoms with Crippen molar-refractivity contribution in [2.45, 2.75) is 25.5 Å². The molecule has 0 unspecified atom stereocenters. The van der Waals surface area contributed by atoms with Crippen molar-refractivity contribution in [3.05, 3.63) is 56.9 Å². The van der Waals surface area contributed by atoms with Crippen molar-refractivity contribution in [2.24, 2.45) is 0 Å². The summed E-state index contributed by atoms with van der Waals surface area (Å²) in [5.41, 5.74) is 1.34. The normalized spacial score (nSPS) is 11.2. The summed E-state index contributed by atoms with van der Waals surface area (Å²) in [6, 6.07) is 10.4. The molecular weight excluding hydrogens is 497 g/mol. The third-order valence-corrected chi connectivity index (χ3v) is 6.01. The van der Waals surface area contributed by atoms with E-state index in [1.165, 1.54) is 6.08 Å². The highest BCUT2D eigenvalue weighted by atomic mass is 35.5. The number of hydrogen-bond donors (Lipinski definition) is 1. The molecule has 0 saturated heterocycles.